The van der Waals surface area contributed by atoms with Crippen LogP contribution in [0.1, 0.15) is 19.2 Å². The molecule has 5 heteroatoms. The van der Waals surface area contributed by atoms with Crippen LogP contribution in [0.2, 0.25) is 0 Å². The van der Waals surface area contributed by atoms with E-state index in [4.69, 9.17) is 26.4 Å². The number of aromatic nitrogens is 5. The van der Waals surface area contributed by atoms with Gasteiger partial charge in [-0.05, 0) is 47.0 Å². The molecular weight excluding hydrogens is 683 g/mol. The third kappa shape index (κ3) is 5.13. The molecule has 262 valence electrons. The molecule has 0 atom stereocenters. The van der Waals surface area contributed by atoms with E-state index in [1.54, 1.807) is 4.57 Å². The fourth-order valence-electron chi connectivity index (χ4n) is 7.50. The van der Waals surface area contributed by atoms with Gasteiger partial charge in [0.2, 0.25) is 5.95 Å². The van der Waals surface area contributed by atoms with E-state index in [2.05, 4.69) is 45.9 Å². The van der Waals surface area contributed by atoms with Crippen LogP contribution in [0.4, 0.5) is 0 Å². The number of nitrogens with zero attached hydrogens (tertiary/aromatic N) is 5. The first-order valence-corrected chi connectivity index (χ1v) is 17.7. The van der Waals surface area contributed by atoms with Crippen molar-refractivity contribution >= 4 is 43.6 Å². The molecule has 0 amide bonds. The lowest BCUT2D eigenvalue weighted by molar-refractivity contribution is 0.953. The Kier molecular flexibility index (Phi) is 4.83. The molecule has 0 aliphatic carbocycles. The van der Waals surface area contributed by atoms with Crippen molar-refractivity contribution in [3.8, 4) is 56.7 Å². The average Bonchev–Trinajstić information content (AvgIpc) is 3.90. The van der Waals surface area contributed by atoms with Crippen LogP contribution in [0, 0.1) is 0 Å². The largest absolute Gasteiger partial charge is 0.309 e. The monoisotopic (exact) mass is 729 g/mol. The molecule has 0 radical (unpaired) electrons. The van der Waals surface area contributed by atoms with E-state index in [0.717, 1.165) is 49.4 Å². The first-order valence-electron chi connectivity index (χ1n) is 24.7. The molecule has 0 spiro atoms. The fraction of sp³-hybridized carbons (Fsp3) is 0. The lowest BCUT2D eigenvalue weighted by Gasteiger charge is -2.14. The second-order valence-electron chi connectivity index (χ2n) is 13.0. The zero-order valence-corrected chi connectivity index (χ0v) is 29.2. The normalized spacial score (nSPS) is 15.1. The Morgan fingerprint density at radius 2 is 0.839 bits per heavy atom. The van der Waals surface area contributed by atoms with Gasteiger partial charge in [-0.1, -0.05) is 170 Å². The molecule has 3 heterocycles. The van der Waals surface area contributed by atoms with Crippen LogP contribution < -0.4 is 0 Å². The van der Waals surface area contributed by atoms with Crippen molar-refractivity contribution in [1.82, 2.24) is 24.1 Å². The topological polar surface area (TPSA) is 48.5 Å². The smallest absolute Gasteiger partial charge is 0.238 e. The van der Waals surface area contributed by atoms with Crippen molar-refractivity contribution in [3.05, 3.63) is 200 Å². The van der Waals surface area contributed by atoms with E-state index in [1.807, 2.05) is 78.9 Å². The van der Waals surface area contributed by atoms with Gasteiger partial charge in [-0.25, -0.2) is 4.98 Å². The summed E-state index contributed by atoms with van der Waals surface area (Å²) in [7, 11) is 0. The molecule has 0 saturated carbocycles. The van der Waals surface area contributed by atoms with Gasteiger partial charge in [0.25, 0.3) is 0 Å². The summed E-state index contributed by atoms with van der Waals surface area (Å²) in [5.74, 6) is -1.04. The number of hydrogen-bond donors (Lipinski definition) is 0. The Hall–Kier alpha value is -7.63. The molecule has 11 rings (SSSR count). The molecule has 0 saturated heterocycles. The maximum absolute atomic E-state index is 9.31. The minimum atomic E-state index is -0.759. The summed E-state index contributed by atoms with van der Waals surface area (Å²) in [4.78, 5) is 14.2. The van der Waals surface area contributed by atoms with Gasteiger partial charge >= 0.3 is 0 Å². The van der Waals surface area contributed by atoms with Crippen LogP contribution in [0.15, 0.2) is 200 Å². The standard InChI is InChI=1S/C51H33N5/c1-4-16-34(17-5-1)35-28-30-38(31-29-35)50-52-49(37-20-8-3-9-21-37)53-51(54-50)56-44-27-15-12-24-41(44)48-46(56)33-32-45-47(48)40-23-11-14-26-43(40)55(45)42-25-13-10-22-39(42)36-18-6-2-7-19-36/h1-33H/i1D,3D,4D,5D,8D,9D,16D,17D,20D,21D,28D,29D,30D,31D. The first kappa shape index (κ1) is 20.7. The molecule has 3 aromatic heterocycles. The number of fused-ring (bicyclic) bond motifs is 7. The molecule has 0 aliphatic heterocycles. The summed E-state index contributed by atoms with van der Waals surface area (Å²) in [5, 5.41) is 3.42. The molecule has 0 aliphatic rings. The Balaban J connectivity index is 1.24. The third-order valence-electron chi connectivity index (χ3n) is 9.85. The molecule has 0 fully saturated rings. The summed E-state index contributed by atoms with van der Waals surface area (Å²) in [6, 6.07) is 27.9. The minimum absolute atomic E-state index is 0.151. The van der Waals surface area contributed by atoms with Crippen molar-refractivity contribution in [3.63, 3.8) is 0 Å². The van der Waals surface area contributed by atoms with Crippen molar-refractivity contribution in [2.75, 3.05) is 0 Å². The summed E-state index contributed by atoms with van der Waals surface area (Å²) >= 11 is 0. The Bertz CT molecular complexity index is 3990. The highest BCUT2D eigenvalue weighted by Gasteiger charge is 2.23. The van der Waals surface area contributed by atoms with Crippen molar-refractivity contribution in [1.29, 1.82) is 0 Å². The van der Waals surface area contributed by atoms with Crippen LogP contribution in [0.25, 0.3) is 100 Å². The summed E-state index contributed by atoms with van der Waals surface area (Å²) in [6.45, 7) is 0. The highest BCUT2D eigenvalue weighted by molar-refractivity contribution is 6.29. The van der Waals surface area contributed by atoms with Gasteiger partial charge in [-0.2, -0.15) is 9.97 Å². The number of benzene rings is 8. The van der Waals surface area contributed by atoms with Crippen LogP contribution in [-0.2, 0) is 0 Å². The summed E-state index contributed by atoms with van der Waals surface area (Å²) in [5.41, 5.74) is 4.03. The Labute approximate surface area is 343 Å². The Morgan fingerprint density at radius 3 is 1.50 bits per heavy atom. The van der Waals surface area contributed by atoms with E-state index in [-0.39, 0.29) is 5.95 Å². The molecule has 56 heavy (non-hydrogen) atoms. The highest BCUT2D eigenvalue weighted by atomic mass is 15.2. The lowest BCUT2D eigenvalue weighted by Crippen LogP contribution is -2.06. The van der Waals surface area contributed by atoms with Crippen molar-refractivity contribution < 1.29 is 19.2 Å². The zero-order valence-electron chi connectivity index (χ0n) is 43.2. The summed E-state index contributed by atoms with van der Waals surface area (Å²) in [6.07, 6.45) is 0. The van der Waals surface area contributed by atoms with E-state index < -0.39 is 118 Å². The molecule has 5 nitrogen and oxygen atoms in total. The van der Waals surface area contributed by atoms with E-state index in [0.29, 0.717) is 11.0 Å². The van der Waals surface area contributed by atoms with Gasteiger partial charge in [-0.3, -0.25) is 4.57 Å². The minimum Gasteiger partial charge on any atom is -0.309 e. The Morgan fingerprint density at radius 1 is 0.357 bits per heavy atom. The lowest BCUT2D eigenvalue weighted by atomic mass is 10.0. The molecular formula is C51H33N5. The van der Waals surface area contributed by atoms with Gasteiger partial charge in [0.1, 0.15) is 0 Å². The molecule has 8 aromatic carbocycles. The summed E-state index contributed by atoms with van der Waals surface area (Å²) < 4.78 is 126. The first-order chi connectivity index (χ1) is 33.6. The zero-order chi connectivity index (χ0) is 49.2. The van der Waals surface area contributed by atoms with Crippen molar-refractivity contribution in [2.45, 2.75) is 0 Å². The average molecular weight is 730 g/mol. The van der Waals surface area contributed by atoms with Crippen LogP contribution >= 0.6 is 0 Å². The maximum atomic E-state index is 9.31. The van der Waals surface area contributed by atoms with Gasteiger partial charge < -0.3 is 4.57 Å². The number of hydrogen-bond acceptors (Lipinski definition) is 3. The van der Waals surface area contributed by atoms with Gasteiger partial charge in [-0.15, -0.1) is 0 Å². The predicted molar refractivity (Wildman–Crippen MR) is 230 cm³/mol. The predicted octanol–water partition coefficient (Wildman–Crippen LogP) is 12.7. The molecule has 11 aromatic rings. The van der Waals surface area contributed by atoms with Gasteiger partial charge in [0, 0.05) is 38.2 Å². The second-order valence-corrected chi connectivity index (χ2v) is 13.0. The van der Waals surface area contributed by atoms with E-state index in [9.17, 15) is 2.74 Å². The number of para-hydroxylation sites is 3. The number of rotatable bonds is 6. The maximum Gasteiger partial charge on any atom is 0.238 e. The van der Waals surface area contributed by atoms with Crippen molar-refractivity contribution in [2.24, 2.45) is 0 Å². The quantitative estimate of drug-likeness (QED) is 0.171. The van der Waals surface area contributed by atoms with Crippen LogP contribution in [-0.4, -0.2) is 24.1 Å². The molecule has 0 unspecified atom stereocenters. The SMILES string of the molecule is [2H]c1c([2H])c([2H])c(-c2nc(-c3c([2H])c([2H])c(-c4c([2H])c([2H])c([2H])c([2H])c4[2H])c([2H])c3[2H])nc(-n3c4ccccc4c4c5c6ccccc6n(-c6ccccc6-c6ccccc6)c5ccc43)n2)c([2H])c1[2H]. The molecule has 0 bridgehead atoms. The third-order valence-corrected chi connectivity index (χ3v) is 9.85. The fourth-order valence-corrected chi connectivity index (χ4v) is 7.50. The van der Waals surface area contributed by atoms with Crippen LogP contribution in [0.3, 0.4) is 0 Å². The van der Waals surface area contributed by atoms with E-state index >= 15 is 0 Å². The van der Waals surface area contributed by atoms with Crippen LogP contribution in [0.5, 0.6) is 0 Å². The van der Waals surface area contributed by atoms with Gasteiger partial charge in [0.15, 0.2) is 11.6 Å². The second kappa shape index (κ2) is 13.0. The van der Waals surface area contributed by atoms with Gasteiger partial charge in [0.05, 0.1) is 46.9 Å². The molecule has 0 N–H and O–H groups in total. The highest BCUT2D eigenvalue weighted by Crippen LogP contribution is 2.43. The van der Waals surface area contributed by atoms with E-state index in [1.165, 1.54) is 0 Å².